The quantitative estimate of drug-likeness (QED) is 0.485. The highest BCUT2D eigenvalue weighted by Crippen LogP contribution is 2.35. The van der Waals surface area contributed by atoms with Gasteiger partial charge in [-0.05, 0) is 24.3 Å². The Bertz CT molecular complexity index is 1320. The Hall–Kier alpha value is -3.10. The molecule has 0 N–H and O–H groups in total. The first kappa shape index (κ1) is 19.2. The molecule has 0 fully saturated rings. The van der Waals surface area contributed by atoms with Crippen LogP contribution in [0.5, 0.6) is 17.2 Å². The van der Waals surface area contributed by atoms with Gasteiger partial charge in [0.2, 0.25) is 4.96 Å². The first-order chi connectivity index (χ1) is 14.1. The van der Waals surface area contributed by atoms with E-state index in [2.05, 4.69) is 10.2 Å². The third kappa shape index (κ3) is 3.30. The molecule has 4 rings (SSSR count). The molecule has 9 heteroatoms. The number of nitrogens with zero attached hydrogens (tertiary/aromatic N) is 3. The summed E-state index contributed by atoms with van der Waals surface area (Å²) >= 11 is 7.51. The lowest BCUT2D eigenvalue weighted by atomic mass is 10.1. The fourth-order valence-corrected chi connectivity index (χ4v) is 4.11. The molecule has 0 atom stereocenters. The number of benzene rings is 2. The van der Waals surface area contributed by atoms with Crippen molar-refractivity contribution in [2.24, 2.45) is 0 Å². The zero-order valence-electron chi connectivity index (χ0n) is 15.8. The molecular formula is C20H16ClN3O4S. The lowest BCUT2D eigenvalue weighted by Gasteiger charge is -2.11. The molecule has 7 nitrogen and oxygen atoms in total. The molecule has 0 spiro atoms. The summed E-state index contributed by atoms with van der Waals surface area (Å²) in [5, 5.41) is 8.78. The fraction of sp³-hybridized carbons (Fsp3) is 0.150. The van der Waals surface area contributed by atoms with Gasteiger partial charge in [-0.1, -0.05) is 35.1 Å². The van der Waals surface area contributed by atoms with E-state index in [-0.39, 0.29) is 5.56 Å². The average Bonchev–Trinajstić information content (AvgIpc) is 3.28. The van der Waals surface area contributed by atoms with Crippen LogP contribution < -0.4 is 24.3 Å². The van der Waals surface area contributed by atoms with E-state index in [4.69, 9.17) is 25.8 Å². The van der Waals surface area contributed by atoms with Gasteiger partial charge in [-0.15, -0.1) is 10.2 Å². The topological polar surface area (TPSA) is 74.9 Å². The van der Waals surface area contributed by atoms with Crippen molar-refractivity contribution in [3.63, 3.8) is 0 Å². The molecule has 148 valence electrons. The Morgan fingerprint density at radius 3 is 2.38 bits per heavy atom. The van der Waals surface area contributed by atoms with Crippen molar-refractivity contribution >= 4 is 34.0 Å². The normalized spacial score (nSPS) is 11.8. The largest absolute Gasteiger partial charge is 0.496 e. The van der Waals surface area contributed by atoms with Crippen LogP contribution in [0, 0.1) is 0 Å². The number of thiazole rings is 1. The second-order valence-corrected chi connectivity index (χ2v) is 7.40. The lowest BCUT2D eigenvalue weighted by Crippen LogP contribution is -2.23. The van der Waals surface area contributed by atoms with Crippen molar-refractivity contribution in [2.75, 3.05) is 21.3 Å². The summed E-state index contributed by atoms with van der Waals surface area (Å²) in [6, 6.07) is 10.7. The fourth-order valence-electron chi connectivity index (χ4n) is 2.99. The van der Waals surface area contributed by atoms with Gasteiger partial charge in [-0.25, -0.2) is 4.40 Å². The van der Waals surface area contributed by atoms with E-state index in [1.807, 2.05) is 12.1 Å². The smallest absolute Gasteiger partial charge is 0.276 e. The Morgan fingerprint density at radius 2 is 1.69 bits per heavy atom. The predicted octanol–water partition coefficient (Wildman–Crippen LogP) is 3.04. The van der Waals surface area contributed by atoms with Crippen LogP contribution in [0.25, 0.3) is 22.4 Å². The lowest BCUT2D eigenvalue weighted by molar-refractivity contribution is 0.348. The predicted molar refractivity (Wildman–Crippen MR) is 112 cm³/mol. The van der Waals surface area contributed by atoms with Gasteiger partial charge in [-0.3, -0.25) is 4.79 Å². The molecule has 0 saturated heterocycles. The molecule has 29 heavy (non-hydrogen) atoms. The highest BCUT2D eigenvalue weighted by atomic mass is 35.5. The minimum absolute atomic E-state index is 0.234. The van der Waals surface area contributed by atoms with Gasteiger partial charge in [0.15, 0.2) is 17.3 Å². The summed E-state index contributed by atoms with van der Waals surface area (Å²) in [6.07, 6.45) is 1.73. The van der Waals surface area contributed by atoms with E-state index in [1.165, 1.54) is 15.7 Å². The average molecular weight is 430 g/mol. The van der Waals surface area contributed by atoms with Crippen molar-refractivity contribution < 1.29 is 14.2 Å². The first-order valence-electron chi connectivity index (χ1n) is 8.52. The standard InChI is InChI=1S/C20H16ClN3O4S/c1-26-14-10-16(28-3)15(27-2)8-11(14)9-17-19(25)24-18(22-23-20(24)29-17)12-6-4-5-7-13(12)21/h4-10H,1-3H3/b17-9-. The van der Waals surface area contributed by atoms with Gasteiger partial charge in [0.05, 0.1) is 30.9 Å². The van der Waals surface area contributed by atoms with E-state index in [0.717, 1.165) is 0 Å². The van der Waals surface area contributed by atoms with Crippen molar-refractivity contribution in [1.82, 2.24) is 14.6 Å². The van der Waals surface area contributed by atoms with Crippen LogP contribution in [0.3, 0.4) is 0 Å². The van der Waals surface area contributed by atoms with Crippen molar-refractivity contribution in [3.05, 3.63) is 61.9 Å². The summed E-state index contributed by atoms with van der Waals surface area (Å²) in [7, 11) is 4.65. The molecule has 2 heterocycles. The third-order valence-corrected chi connectivity index (χ3v) is 5.67. The van der Waals surface area contributed by atoms with Gasteiger partial charge < -0.3 is 14.2 Å². The number of methoxy groups -OCH3 is 3. The highest BCUT2D eigenvalue weighted by Gasteiger charge is 2.17. The molecule has 4 aromatic rings. The maximum absolute atomic E-state index is 13.1. The van der Waals surface area contributed by atoms with Crippen LogP contribution in [0.2, 0.25) is 5.02 Å². The summed E-state index contributed by atoms with van der Waals surface area (Å²) in [4.78, 5) is 13.6. The number of halogens is 1. The van der Waals surface area contributed by atoms with Crippen molar-refractivity contribution in [2.45, 2.75) is 0 Å². The minimum atomic E-state index is -0.234. The number of rotatable bonds is 5. The Balaban J connectivity index is 1.93. The molecule has 2 aromatic carbocycles. The summed E-state index contributed by atoms with van der Waals surface area (Å²) < 4.78 is 18.1. The third-order valence-electron chi connectivity index (χ3n) is 4.39. The number of ether oxygens (including phenoxy) is 3. The summed E-state index contributed by atoms with van der Waals surface area (Å²) in [6.45, 7) is 0. The maximum atomic E-state index is 13.1. The molecule has 2 aromatic heterocycles. The monoisotopic (exact) mass is 429 g/mol. The molecule has 0 aliphatic carbocycles. The maximum Gasteiger partial charge on any atom is 0.276 e. The van der Waals surface area contributed by atoms with Gasteiger partial charge in [-0.2, -0.15) is 0 Å². The summed E-state index contributed by atoms with van der Waals surface area (Å²) in [5.41, 5.74) is 1.09. The second kappa shape index (κ2) is 7.73. The molecule has 0 aliphatic rings. The van der Waals surface area contributed by atoms with E-state index in [1.54, 1.807) is 51.7 Å². The second-order valence-electron chi connectivity index (χ2n) is 5.99. The number of hydrogen-bond donors (Lipinski definition) is 0. The van der Waals surface area contributed by atoms with Crippen molar-refractivity contribution in [3.8, 4) is 28.6 Å². The van der Waals surface area contributed by atoms with E-state index in [9.17, 15) is 4.79 Å². The molecule has 0 saturated carbocycles. The van der Waals surface area contributed by atoms with Gasteiger partial charge >= 0.3 is 0 Å². The zero-order chi connectivity index (χ0) is 20.5. The van der Waals surface area contributed by atoms with Crippen LogP contribution in [0.4, 0.5) is 0 Å². The molecule has 0 bridgehead atoms. The van der Waals surface area contributed by atoms with E-state index in [0.29, 0.717) is 48.7 Å². The number of hydrogen-bond acceptors (Lipinski definition) is 7. The van der Waals surface area contributed by atoms with Gasteiger partial charge in [0.1, 0.15) is 5.75 Å². The zero-order valence-corrected chi connectivity index (χ0v) is 17.4. The molecule has 0 aliphatic heterocycles. The van der Waals surface area contributed by atoms with Gasteiger partial charge in [0, 0.05) is 17.2 Å². The molecule has 0 radical (unpaired) electrons. The van der Waals surface area contributed by atoms with Crippen LogP contribution in [0.1, 0.15) is 5.56 Å². The highest BCUT2D eigenvalue weighted by molar-refractivity contribution is 7.15. The number of fused-ring (bicyclic) bond motifs is 1. The SMILES string of the molecule is COc1cc(OC)c(OC)cc1/C=c1\sc2nnc(-c3ccccc3Cl)n2c1=O. The number of aromatic nitrogens is 3. The van der Waals surface area contributed by atoms with Crippen LogP contribution >= 0.6 is 22.9 Å². The van der Waals surface area contributed by atoms with E-state index < -0.39 is 0 Å². The van der Waals surface area contributed by atoms with Crippen molar-refractivity contribution in [1.29, 1.82) is 0 Å². The molecule has 0 unspecified atom stereocenters. The first-order valence-corrected chi connectivity index (χ1v) is 9.71. The van der Waals surface area contributed by atoms with Crippen LogP contribution in [-0.2, 0) is 0 Å². The van der Waals surface area contributed by atoms with Crippen LogP contribution in [-0.4, -0.2) is 35.9 Å². The summed E-state index contributed by atoms with van der Waals surface area (Å²) in [5.74, 6) is 2.03. The molecular weight excluding hydrogens is 414 g/mol. The Labute approximate surface area is 174 Å². The van der Waals surface area contributed by atoms with Crippen LogP contribution in [0.15, 0.2) is 41.2 Å². The Morgan fingerprint density at radius 1 is 1.00 bits per heavy atom. The minimum Gasteiger partial charge on any atom is -0.496 e. The van der Waals surface area contributed by atoms with E-state index >= 15 is 0 Å². The molecule has 0 amide bonds. The van der Waals surface area contributed by atoms with Gasteiger partial charge in [0.25, 0.3) is 5.56 Å². The Kier molecular flexibility index (Phi) is 5.12.